The van der Waals surface area contributed by atoms with Crippen molar-refractivity contribution in [1.29, 1.82) is 0 Å². The van der Waals surface area contributed by atoms with Crippen molar-refractivity contribution in [3.63, 3.8) is 0 Å². The molecule has 1 fully saturated rings. The van der Waals surface area contributed by atoms with Crippen LogP contribution in [0.5, 0.6) is 5.75 Å². The van der Waals surface area contributed by atoms with Gasteiger partial charge in [0, 0.05) is 35.1 Å². The molecule has 0 spiro atoms. The largest absolute Gasteiger partial charge is 0.493 e. The van der Waals surface area contributed by atoms with Gasteiger partial charge in [-0.15, -0.1) is 0 Å². The average molecular weight is 295 g/mol. The van der Waals surface area contributed by atoms with Crippen molar-refractivity contribution in [3.8, 4) is 5.75 Å². The summed E-state index contributed by atoms with van der Waals surface area (Å²) < 4.78 is 5.87. The van der Waals surface area contributed by atoms with Crippen LogP contribution >= 0.6 is 11.6 Å². The third-order valence-corrected chi connectivity index (χ3v) is 4.94. The van der Waals surface area contributed by atoms with Gasteiger partial charge in [-0.1, -0.05) is 18.0 Å². The Morgan fingerprint density at radius 2 is 2.25 bits per heavy atom. The minimum atomic E-state index is 0.0200. The predicted octanol–water partition coefficient (Wildman–Crippen LogP) is 3.22. The minimum Gasteiger partial charge on any atom is -0.493 e. The number of rotatable bonds is 2. The lowest BCUT2D eigenvalue weighted by atomic mass is 9.90. The SMILES string of the molecule is CC1CCCCN1CC1COc2ccc(Cl)cc2C1N. The molecule has 1 aromatic carbocycles. The van der Waals surface area contributed by atoms with Crippen LogP contribution in [0, 0.1) is 5.92 Å². The molecule has 0 amide bonds. The Hall–Kier alpha value is -0.770. The van der Waals surface area contributed by atoms with Gasteiger partial charge in [-0.3, -0.25) is 0 Å². The number of hydrogen-bond donors (Lipinski definition) is 1. The maximum absolute atomic E-state index is 6.46. The zero-order chi connectivity index (χ0) is 14.1. The van der Waals surface area contributed by atoms with Crippen LogP contribution in [0.4, 0.5) is 0 Å². The molecule has 20 heavy (non-hydrogen) atoms. The first-order chi connectivity index (χ1) is 9.65. The van der Waals surface area contributed by atoms with Gasteiger partial charge in [-0.25, -0.2) is 0 Å². The number of hydrogen-bond acceptors (Lipinski definition) is 3. The lowest BCUT2D eigenvalue weighted by Gasteiger charge is -2.39. The number of piperidine rings is 1. The summed E-state index contributed by atoms with van der Waals surface area (Å²) in [5.74, 6) is 1.24. The molecule has 3 rings (SSSR count). The molecule has 0 aliphatic carbocycles. The molecule has 1 saturated heterocycles. The molecule has 3 atom stereocenters. The number of fused-ring (bicyclic) bond motifs is 1. The van der Waals surface area contributed by atoms with Crippen molar-refractivity contribution < 1.29 is 4.74 Å². The molecule has 4 heteroatoms. The van der Waals surface area contributed by atoms with Gasteiger partial charge in [0.15, 0.2) is 0 Å². The van der Waals surface area contributed by atoms with Crippen molar-refractivity contribution in [2.75, 3.05) is 19.7 Å². The van der Waals surface area contributed by atoms with Crippen molar-refractivity contribution in [3.05, 3.63) is 28.8 Å². The maximum atomic E-state index is 6.46. The number of ether oxygens (including phenoxy) is 1. The summed E-state index contributed by atoms with van der Waals surface area (Å²) in [5.41, 5.74) is 7.51. The molecule has 0 saturated carbocycles. The Balaban J connectivity index is 1.73. The molecular formula is C16H23ClN2O. The zero-order valence-corrected chi connectivity index (χ0v) is 12.8. The molecule has 3 unspecified atom stereocenters. The second kappa shape index (κ2) is 5.92. The highest BCUT2D eigenvalue weighted by Gasteiger charge is 2.31. The van der Waals surface area contributed by atoms with E-state index < -0.39 is 0 Å². The van der Waals surface area contributed by atoms with Crippen LogP contribution in [-0.4, -0.2) is 30.6 Å². The Kier molecular flexibility index (Phi) is 4.20. The number of nitrogens with zero attached hydrogens (tertiary/aromatic N) is 1. The van der Waals surface area contributed by atoms with E-state index in [4.69, 9.17) is 22.1 Å². The fraction of sp³-hybridized carbons (Fsp3) is 0.625. The monoisotopic (exact) mass is 294 g/mol. The summed E-state index contributed by atoms with van der Waals surface area (Å²) in [7, 11) is 0. The summed E-state index contributed by atoms with van der Waals surface area (Å²) in [6, 6.07) is 6.42. The normalized spacial score (nSPS) is 30.6. The van der Waals surface area contributed by atoms with E-state index in [9.17, 15) is 0 Å². The summed E-state index contributed by atoms with van der Waals surface area (Å²) in [4.78, 5) is 2.56. The van der Waals surface area contributed by atoms with Gasteiger partial charge in [0.05, 0.1) is 6.61 Å². The third kappa shape index (κ3) is 2.80. The van der Waals surface area contributed by atoms with Crippen molar-refractivity contribution in [1.82, 2.24) is 4.90 Å². The summed E-state index contributed by atoms with van der Waals surface area (Å²) in [6.07, 6.45) is 3.95. The molecule has 2 aliphatic rings. The molecular weight excluding hydrogens is 272 g/mol. The zero-order valence-electron chi connectivity index (χ0n) is 12.0. The van der Waals surface area contributed by atoms with E-state index in [0.717, 1.165) is 22.9 Å². The Labute approximate surface area is 126 Å². The summed E-state index contributed by atoms with van der Waals surface area (Å²) in [5, 5.41) is 0.731. The summed E-state index contributed by atoms with van der Waals surface area (Å²) in [6.45, 7) is 5.24. The van der Waals surface area contributed by atoms with Crippen molar-refractivity contribution >= 4 is 11.6 Å². The fourth-order valence-corrected chi connectivity index (χ4v) is 3.54. The van der Waals surface area contributed by atoms with Crippen LogP contribution in [0.15, 0.2) is 18.2 Å². The van der Waals surface area contributed by atoms with Crippen LogP contribution < -0.4 is 10.5 Å². The molecule has 0 radical (unpaired) electrons. The number of likely N-dealkylation sites (tertiary alicyclic amines) is 1. The Bertz CT molecular complexity index is 480. The third-order valence-electron chi connectivity index (χ3n) is 4.70. The fourth-order valence-electron chi connectivity index (χ4n) is 3.36. The number of benzene rings is 1. The van der Waals surface area contributed by atoms with Crippen LogP contribution in [0.25, 0.3) is 0 Å². The van der Waals surface area contributed by atoms with Gasteiger partial charge in [0.1, 0.15) is 5.75 Å². The van der Waals surface area contributed by atoms with E-state index in [2.05, 4.69) is 11.8 Å². The van der Waals surface area contributed by atoms with E-state index in [1.54, 1.807) is 0 Å². The van der Waals surface area contributed by atoms with Crippen LogP contribution in [0.3, 0.4) is 0 Å². The highest BCUT2D eigenvalue weighted by molar-refractivity contribution is 6.30. The maximum Gasteiger partial charge on any atom is 0.124 e. The molecule has 0 bridgehead atoms. The standard InChI is InChI=1S/C16H23ClN2O/c1-11-4-2-3-7-19(11)9-12-10-20-15-6-5-13(17)8-14(15)16(12)18/h5-6,8,11-12,16H,2-4,7,9-10,18H2,1H3. The lowest BCUT2D eigenvalue weighted by Crippen LogP contribution is -2.45. The van der Waals surface area contributed by atoms with Crippen LogP contribution in [-0.2, 0) is 0 Å². The van der Waals surface area contributed by atoms with E-state index in [-0.39, 0.29) is 6.04 Å². The predicted molar refractivity (Wildman–Crippen MR) is 82.3 cm³/mol. The second-order valence-corrected chi connectivity index (χ2v) is 6.56. The number of nitrogens with two attached hydrogens (primary N) is 1. The van der Waals surface area contributed by atoms with Gasteiger partial charge >= 0.3 is 0 Å². The van der Waals surface area contributed by atoms with Crippen molar-refractivity contribution in [2.45, 2.75) is 38.3 Å². The van der Waals surface area contributed by atoms with Gasteiger partial charge in [-0.05, 0) is 44.5 Å². The van der Waals surface area contributed by atoms with Gasteiger partial charge in [0.2, 0.25) is 0 Å². The highest BCUT2D eigenvalue weighted by atomic mass is 35.5. The van der Waals surface area contributed by atoms with E-state index in [1.165, 1.54) is 25.8 Å². The van der Waals surface area contributed by atoms with Gasteiger partial charge in [0.25, 0.3) is 0 Å². The average Bonchev–Trinajstić information content (AvgIpc) is 2.45. The molecule has 0 aromatic heterocycles. The molecule has 110 valence electrons. The second-order valence-electron chi connectivity index (χ2n) is 6.12. The molecule has 2 heterocycles. The molecule has 3 nitrogen and oxygen atoms in total. The van der Waals surface area contributed by atoms with Gasteiger partial charge in [-0.2, -0.15) is 0 Å². The van der Waals surface area contributed by atoms with Crippen molar-refractivity contribution in [2.24, 2.45) is 11.7 Å². The quantitative estimate of drug-likeness (QED) is 0.910. The molecule has 1 aromatic rings. The van der Waals surface area contributed by atoms with Crippen LogP contribution in [0.2, 0.25) is 5.02 Å². The van der Waals surface area contributed by atoms with Gasteiger partial charge < -0.3 is 15.4 Å². The first kappa shape index (κ1) is 14.2. The molecule has 2 aliphatic heterocycles. The summed E-state index contributed by atoms with van der Waals surface area (Å²) >= 11 is 6.08. The van der Waals surface area contributed by atoms with E-state index in [0.29, 0.717) is 18.6 Å². The van der Waals surface area contributed by atoms with E-state index in [1.807, 2.05) is 18.2 Å². The Morgan fingerprint density at radius 1 is 1.40 bits per heavy atom. The smallest absolute Gasteiger partial charge is 0.124 e. The first-order valence-electron chi connectivity index (χ1n) is 7.57. The number of halogens is 1. The lowest BCUT2D eigenvalue weighted by molar-refractivity contribution is 0.0941. The minimum absolute atomic E-state index is 0.0200. The van der Waals surface area contributed by atoms with E-state index >= 15 is 0 Å². The topological polar surface area (TPSA) is 38.5 Å². The van der Waals surface area contributed by atoms with Crippen LogP contribution in [0.1, 0.15) is 37.8 Å². The first-order valence-corrected chi connectivity index (χ1v) is 7.95. The Morgan fingerprint density at radius 3 is 3.05 bits per heavy atom. The molecule has 2 N–H and O–H groups in total. The highest BCUT2D eigenvalue weighted by Crippen LogP contribution is 2.36.